The van der Waals surface area contributed by atoms with Gasteiger partial charge in [-0.3, -0.25) is 0 Å². The molecule has 2 heterocycles. The quantitative estimate of drug-likeness (QED) is 0.294. The van der Waals surface area contributed by atoms with Gasteiger partial charge in [-0.25, -0.2) is 9.37 Å². The smallest absolute Gasteiger partial charge is 0.327 e. The van der Waals surface area contributed by atoms with Gasteiger partial charge in [-0.15, -0.1) is 10.2 Å². The summed E-state index contributed by atoms with van der Waals surface area (Å²) in [6.07, 6.45) is 0. The molecular formula is C20H24ClFN5O4PS. The van der Waals surface area contributed by atoms with Crippen LogP contribution in [0.15, 0.2) is 24.3 Å². The molecule has 5 N–H and O–H groups in total. The molecule has 2 aromatic heterocycles. The van der Waals surface area contributed by atoms with E-state index in [9.17, 15) is 4.39 Å². The van der Waals surface area contributed by atoms with Gasteiger partial charge in [0.1, 0.15) is 17.3 Å². The molecule has 0 spiro atoms. The van der Waals surface area contributed by atoms with Gasteiger partial charge < -0.3 is 30.1 Å². The third-order valence-corrected chi connectivity index (χ3v) is 5.95. The molecule has 0 saturated heterocycles. The molecule has 0 aliphatic carbocycles. The molecule has 178 valence electrons. The summed E-state index contributed by atoms with van der Waals surface area (Å²) in [6.45, 7) is 5.75. The Kier molecular flexibility index (Phi) is 8.88. The van der Waals surface area contributed by atoms with Crippen molar-refractivity contribution in [3.05, 3.63) is 40.8 Å². The molecule has 0 radical (unpaired) electrons. The number of hydrogen-bond donors (Lipinski definition) is 4. The molecule has 1 unspecified atom stereocenters. The molecule has 0 bridgehead atoms. The summed E-state index contributed by atoms with van der Waals surface area (Å²) in [5.41, 5.74) is 8.55. The Morgan fingerprint density at radius 3 is 2.61 bits per heavy atom. The fourth-order valence-electron chi connectivity index (χ4n) is 2.79. The SMILES string of the molecule is Cc1nc(-c2nnc(-c3cc(F)c(OCC(N)COP(O)O)cc3Cl)s2)ccc1NC(C)C. The maximum Gasteiger partial charge on any atom is 0.327 e. The zero-order chi connectivity index (χ0) is 24.1. The number of halogens is 2. The summed E-state index contributed by atoms with van der Waals surface area (Å²) in [4.78, 5) is 22.1. The maximum atomic E-state index is 14.6. The fourth-order valence-corrected chi connectivity index (χ4v) is 4.26. The Hall–Kier alpha value is -1.98. The first kappa shape index (κ1) is 25.6. The number of anilines is 1. The lowest BCUT2D eigenvalue weighted by atomic mass is 10.2. The van der Waals surface area contributed by atoms with Crippen LogP contribution in [0.1, 0.15) is 19.5 Å². The molecule has 0 saturated carbocycles. The molecular weight excluding hydrogens is 492 g/mol. The number of aromatic nitrogens is 3. The number of ether oxygens (including phenoxy) is 1. The van der Waals surface area contributed by atoms with Crippen LogP contribution in [0.2, 0.25) is 5.02 Å². The van der Waals surface area contributed by atoms with Crippen molar-refractivity contribution in [3.8, 4) is 27.0 Å². The Labute approximate surface area is 200 Å². The number of pyridine rings is 1. The van der Waals surface area contributed by atoms with Crippen molar-refractivity contribution in [1.29, 1.82) is 0 Å². The number of nitrogens with two attached hydrogens (primary N) is 1. The molecule has 0 fully saturated rings. The van der Waals surface area contributed by atoms with Crippen molar-refractivity contribution in [2.24, 2.45) is 5.73 Å². The van der Waals surface area contributed by atoms with Crippen molar-refractivity contribution in [2.75, 3.05) is 18.5 Å². The van der Waals surface area contributed by atoms with Gasteiger partial charge in [-0.05, 0) is 39.0 Å². The normalized spacial score (nSPS) is 12.4. The standard InChI is InChI=1S/C20H24ClFN5O4PS/c1-10(2)24-16-4-5-17(25-11(16)3)20-27-26-19(33-20)13-6-15(22)18(7-14(13)21)30-8-12(23)9-31-32(28)29/h4-7,10,12,24,28-29H,8-9,23H2,1-3H3. The van der Waals surface area contributed by atoms with Gasteiger partial charge in [0, 0.05) is 17.7 Å². The molecule has 33 heavy (non-hydrogen) atoms. The molecule has 0 aliphatic rings. The third kappa shape index (κ3) is 7.00. The minimum Gasteiger partial charge on any atom is -0.489 e. The van der Waals surface area contributed by atoms with Gasteiger partial charge in [0.25, 0.3) is 0 Å². The van der Waals surface area contributed by atoms with Crippen LogP contribution in [-0.4, -0.2) is 50.3 Å². The van der Waals surface area contributed by atoms with Crippen molar-refractivity contribution >= 4 is 37.2 Å². The first-order valence-corrected chi connectivity index (χ1v) is 12.3. The van der Waals surface area contributed by atoms with Crippen LogP contribution in [0.4, 0.5) is 10.1 Å². The van der Waals surface area contributed by atoms with Crippen LogP contribution in [0.25, 0.3) is 21.3 Å². The van der Waals surface area contributed by atoms with Crippen LogP contribution < -0.4 is 15.8 Å². The highest BCUT2D eigenvalue weighted by Crippen LogP contribution is 2.37. The van der Waals surface area contributed by atoms with E-state index in [4.69, 9.17) is 31.9 Å². The van der Waals surface area contributed by atoms with E-state index in [0.717, 1.165) is 11.4 Å². The molecule has 0 aliphatic heterocycles. The predicted octanol–water partition coefficient (Wildman–Crippen LogP) is 4.12. The molecule has 13 heteroatoms. The Balaban J connectivity index is 1.74. The number of aryl methyl sites for hydroxylation is 1. The van der Waals surface area contributed by atoms with Crippen molar-refractivity contribution in [3.63, 3.8) is 0 Å². The number of nitrogens with one attached hydrogen (secondary N) is 1. The van der Waals surface area contributed by atoms with Crippen molar-refractivity contribution in [2.45, 2.75) is 32.9 Å². The maximum absolute atomic E-state index is 14.6. The molecule has 3 rings (SSSR count). The highest BCUT2D eigenvalue weighted by atomic mass is 35.5. The van der Waals surface area contributed by atoms with Gasteiger partial charge in [0.15, 0.2) is 16.6 Å². The van der Waals surface area contributed by atoms with E-state index in [1.54, 1.807) is 0 Å². The molecule has 9 nitrogen and oxygen atoms in total. The zero-order valence-corrected chi connectivity index (χ0v) is 20.6. The first-order chi connectivity index (χ1) is 15.6. The third-order valence-electron chi connectivity index (χ3n) is 4.28. The van der Waals surface area contributed by atoms with E-state index < -0.39 is 20.5 Å². The van der Waals surface area contributed by atoms with Crippen LogP contribution in [0.3, 0.4) is 0 Å². The topological polar surface area (TPSA) is 136 Å². The molecule has 1 aromatic carbocycles. The highest BCUT2D eigenvalue weighted by Gasteiger charge is 2.18. The number of rotatable bonds is 10. The molecule has 3 aromatic rings. The fraction of sp³-hybridized carbons (Fsp3) is 0.350. The van der Waals surface area contributed by atoms with Crippen LogP contribution in [0.5, 0.6) is 5.75 Å². The second-order valence-electron chi connectivity index (χ2n) is 7.42. The number of hydrogen-bond acceptors (Lipinski definition) is 10. The lowest BCUT2D eigenvalue weighted by molar-refractivity contribution is 0.196. The lowest BCUT2D eigenvalue weighted by Gasteiger charge is -2.14. The lowest BCUT2D eigenvalue weighted by Crippen LogP contribution is -2.32. The molecule has 1 atom stereocenters. The van der Waals surface area contributed by atoms with Crippen molar-refractivity contribution in [1.82, 2.24) is 15.2 Å². The van der Waals surface area contributed by atoms with Gasteiger partial charge >= 0.3 is 8.60 Å². The Morgan fingerprint density at radius 1 is 1.21 bits per heavy atom. The van der Waals surface area contributed by atoms with E-state index in [0.29, 0.717) is 21.3 Å². The van der Waals surface area contributed by atoms with Gasteiger partial charge in [0.05, 0.1) is 29.1 Å². The van der Waals surface area contributed by atoms with Crippen molar-refractivity contribution < 1.29 is 23.4 Å². The summed E-state index contributed by atoms with van der Waals surface area (Å²) in [5.74, 6) is -0.742. The average Bonchev–Trinajstić information content (AvgIpc) is 3.23. The van der Waals surface area contributed by atoms with Crippen LogP contribution in [-0.2, 0) is 4.52 Å². The van der Waals surface area contributed by atoms with Gasteiger partial charge in [-0.2, -0.15) is 0 Å². The summed E-state index contributed by atoms with van der Waals surface area (Å²) in [7, 11) is -2.51. The Bertz CT molecular complexity index is 1100. The summed E-state index contributed by atoms with van der Waals surface area (Å²) < 4.78 is 24.6. The number of benzene rings is 1. The summed E-state index contributed by atoms with van der Waals surface area (Å²) in [6, 6.07) is 5.95. The second kappa shape index (κ2) is 11.4. The van der Waals surface area contributed by atoms with Crippen LogP contribution in [0, 0.1) is 12.7 Å². The predicted molar refractivity (Wildman–Crippen MR) is 128 cm³/mol. The Morgan fingerprint density at radius 2 is 1.94 bits per heavy atom. The van der Waals surface area contributed by atoms with E-state index in [2.05, 4.69) is 38.9 Å². The zero-order valence-electron chi connectivity index (χ0n) is 18.1. The van der Waals surface area contributed by atoms with E-state index in [-0.39, 0.29) is 30.0 Å². The van der Waals surface area contributed by atoms with E-state index in [1.165, 1.54) is 23.5 Å². The minimum absolute atomic E-state index is 0.0928. The van der Waals surface area contributed by atoms with Crippen LogP contribution >= 0.6 is 31.5 Å². The van der Waals surface area contributed by atoms with Gasteiger partial charge in [-0.1, -0.05) is 22.9 Å². The summed E-state index contributed by atoms with van der Waals surface area (Å²) in [5, 5.41) is 12.9. The van der Waals surface area contributed by atoms with E-state index in [1.807, 2.05) is 19.1 Å². The monoisotopic (exact) mass is 515 g/mol. The first-order valence-electron chi connectivity index (χ1n) is 9.90. The highest BCUT2D eigenvalue weighted by molar-refractivity contribution is 7.39. The summed E-state index contributed by atoms with van der Waals surface area (Å²) >= 11 is 7.60. The largest absolute Gasteiger partial charge is 0.489 e. The van der Waals surface area contributed by atoms with Gasteiger partial charge in [0.2, 0.25) is 0 Å². The second-order valence-corrected chi connectivity index (χ2v) is 9.57. The average molecular weight is 516 g/mol. The molecule has 0 amide bonds. The van der Waals surface area contributed by atoms with E-state index >= 15 is 0 Å². The minimum atomic E-state index is -2.51. The number of nitrogens with zero attached hydrogens (tertiary/aromatic N) is 3.